The second-order valence-corrected chi connectivity index (χ2v) is 8.83. The molecule has 0 unspecified atom stereocenters. The van der Waals surface area contributed by atoms with Gasteiger partial charge in [0, 0.05) is 5.92 Å². The fourth-order valence-corrected chi connectivity index (χ4v) is 5.57. The molecule has 5 rings (SSSR count). The lowest BCUT2D eigenvalue weighted by Gasteiger charge is -2.14. The highest BCUT2D eigenvalue weighted by molar-refractivity contribution is 7.71. The van der Waals surface area contributed by atoms with E-state index in [9.17, 15) is 14.7 Å². The van der Waals surface area contributed by atoms with Gasteiger partial charge in [-0.3, -0.25) is 9.27 Å². The summed E-state index contributed by atoms with van der Waals surface area (Å²) in [4.78, 5) is 24.5. The molecule has 0 saturated carbocycles. The number of carbonyl (C=O) groups excluding carboxylic acids is 1. The zero-order valence-electron chi connectivity index (χ0n) is 17.2. The van der Waals surface area contributed by atoms with Gasteiger partial charge in [0.1, 0.15) is 21.8 Å². The molecule has 2 N–H and O–H groups in total. The summed E-state index contributed by atoms with van der Waals surface area (Å²) < 4.78 is 7.27. The Bertz CT molecular complexity index is 1380. The number of nitrogens with zero attached hydrogens (tertiary/aromatic N) is 1. The molecule has 0 aliphatic heterocycles. The molecular weight excluding hydrogens is 456 g/mol. The third-order valence-corrected chi connectivity index (χ3v) is 7.14. The molecule has 1 heterocycles. The number of nitrogens with one attached hydrogen (secondary N) is 1. The number of fused-ring (bicyclic) bond motifs is 3. The Labute approximate surface area is 198 Å². The average Bonchev–Trinajstić information content (AvgIpc) is 3.33. The van der Waals surface area contributed by atoms with Crippen molar-refractivity contribution in [2.75, 3.05) is 11.9 Å². The molecule has 0 saturated heterocycles. The predicted octanol–water partition coefficient (Wildman–Crippen LogP) is 6.33. The van der Waals surface area contributed by atoms with Crippen LogP contribution in [0.15, 0.2) is 78.9 Å². The number of ether oxygens (including phenoxy) is 1. The Hall–Kier alpha value is -3.75. The largest absolute Gasteiger partial charge is 0.477 e. The first-order valence-electron chi connectivity index (χ1n) is 10.2. The fourth-order valence-electron chi connectivity index (χ4n) is 4.11. The number of rotatable bonds is 5. The number of amides is 1. The van der Waals surface area contributed by atoms with Gasteiger partial charge in [0.2, 0.25) is 0 Å². The predicted molar refractivity (Wildman–Crippen MR) is 130 cm³/mol. The van der Waals surface area contributed by atoms with Crippen molar-refractivity contribution in [1.82, 2.24) is 3.96 Å². The first-order chi connectivity index (χ1) is 16.0. The Morgan fingerprint density at radius 1 is 0.939 bits per heavy atom. The number of aromatic carboxylic acids is 1. The fraction of sp³-hybridized carbons (Fsp3) is 0.0800. The summed E-state index contributed by atoms with van der Waals surface area (Å²) >= 11 is 6.41. The van der Waals surface area contributed by atoms with Crippen LogP contribution < -0.4 is 5.32 Å². The molecule has 4 aromatic rings. The van der Waals surface area contributed by atoms with Crippen LogP contribution in [-0.2, 0) is 4.74 Å². The zero-order valence-corrected chi connectivity index (χ0v) is 18.9. The normalized spacial score (nSPS) is 12.1. The molecule has 1 aliphatic carbocycles. The van der Waals surface area contributed by atoms with E-state index in [2.05, 4.69) is 17.4 Å². The van der Waals surface area contributed by atoms with Crippen LogP contribution in [0.4, 0.5) is 9.80 Å². The summed E-state index contributed by atoms with van der Waals surface area (Å²) in [5.41, 5.74) is 5.05. The monoisotopic (exact) mass is 474 g/mol. The molecular formula is C25H18N2O4S2. The molecule has 0 fully saturated rings. The van der Waals surface area contributed by atoms with Crippen molar-refractivity contribution in [3.63, 3.8) is 0 Å². The smallest absolute Gasteiger partial charge is 0.412 e. The summed E-state index contributed by atoms with van der Waals surface area (Å²) in [6, 6.07) is 25.3. The van der Waals surface area contributed by atoms with Gasteiger partial charge in [-0.25, -0.2) is 9.59 Å². The average molecular weight is 475 g/mol. The van der Waals surface area contributed by atoms with Gasteiger partial charge in [-0.15, -0.1) is 0 Å². The van der Waals surface area contributed by atoms with Crippen LogP contribution in [-0.4, -0.2) is 27.7 Å². The highest BCUT2D eigenvalue weighted by Gasteiger charge is 2.29. The van der Waals surface area contributed by atoms with Crippen molar-refractivity contribution in [2.24, 2.45) is 0 Å². The van der Waals surface area contributed by atoms with E-state index < -0.39 is 12.1 Å². The molecule has 1 aromatic heterocycles. The molecule has 6 nitrogen and oxygen atoms in total. The number of carboxylic acid groups (broad SMARTS) is 1. The number of carbonyl (C=O) groups is 2. The van der Waals surface area contributed by atoms with E-state index >= 15 is 0 Å². The van der Waals surface area contributed by atoms with Crippen molar-refractivity contribution >= 4 is 40.8 Å². The van der Waals surface area contributed by atoms with Crippen LogP contribution in [0.3, 0.4) is 0 Å². The summed E-state index contributed by atoms with van der Waals surface area (Å²) in [5, 5.41) is 12.4. The SMILES string of the molecule is O=C(Nc1sn(-c2ccccc2)c(=S)c1C(=O)O)OCC1c2ccccc2-c2ccccc21. The van der Waals surface area contributed by atoms with Crippen LogP contribution in [0.25, 0.3) is 16.8 Å². The van der Waals surface area contributed by atoms with Gasteiger partial charge in [0.25, 0.3) is 0 Å². The minimum atomic E-state index is -1.21. The molecule has 0 spiro atoms. The Morgan fingerprint density at radius 2 is 1.52 bits per heavy atom. The van der Waals surface area contributed by atoms with Gasteiger partial charge in [-0.1, -0.05) is 78.9 Å². The maximum atomic E-state index is 12.7. The van der Waals surface area contributed by atoms with Crippen molar-refractivity contribution < 1.29 is 19.4 Å². The Balaban J connectivity index is 1.37. The second kappa shape index (κ2) is 8.65. The van der Waals surface area contributed by atoms with Crippen molar-refractivity contribution in [2.45, 2.75) is 5.92 Å². The zero-order chi connectivity index (χ0) is 22.9. The minimum Gasteiger partial charge on any atom is -0.477 e. The summed E-state index contributed by atoms with van der Waals surface area (Å²) in [5.74, 6) is -1.30. The molecule has 1 aliphatic rings. The second-order valence-electron chi connectivity index (χ2n) is 7.49. The lowest BCUT2D eigenvalue weighted by Crippen LogP contribution is -2.18. The van der Waals surface area contributed by atoms with Gasteiger partial charge in [-0.2, -0.15) is 0 Å². The van der Waals surface area contributed by atoms with E-state index in [1.807, 2.05) is 66.7 Å². The van der Waals surface area contributed by atoms with Gasteiger partial charge in [-0.05, 0) is 45.9 Å². The van der Waals surface area contributed by atoms with E-state index in [4.69, 9.17) is 17.0 Å². The molecule has 8 heteroatoms. The minimum absolute atomic E-state index is 0.0887. The van der Waals surface area contributed by atoms with Gasteiger partial charge < -0.3 is 9.84 Å². The molecule has 1 amide bonds. The van der Waals surface area contributed by atoms with Crippen molar-refractivity contribution in [3.8, 4) is 16.8 Å². The number of benzene rings is 3. The topological polar surface area (TPSA) is 80.6 Å². The van der Waals surface area contributed by atoms with Crippen molar-refractivity contribution in [3.05, 3.63) is 100 Å². The van der Waals surface area contributed by atoms with Crippen LogP contribution in [0.1, 0.15) is 27.4 Å². The lowest BCUT2D eigenvalue weighted by molar-refractivity contribution is 0.0697. The first kappa shape index (κ1) is 21.1. The Morgan fingerprint density at radius 3 is 2.12 bits per heavy atom. The number of hydrogen-bond acceptors (Lipinski definition) is 5. The van der Waals surface area contributed by atoms with Crippen LogP contribution in [0, 0.1) is 4.64 Å². The quantitative estimate of drug-likeness (QED) is 0.331. The third-order valence-electron chi connectivity index (χ3n) is 5.57. The van der Waals surface area contributed by atoms with Gasteiger partial charge in [0.15, 0.2) is 0 Å². The molecule has 164 valence electrons. The standard InChI is InChI=1S/C25H18N2O4S2/c28-24(29)21-22(33-27(23(21)32)15-8-2-1-3-9-15)26-25(30)31-14-20-18-12-6-4-10-16(18)17-11-5-7-13-19(17)20/h1-13,20H,14H2,(H,26,30)(H,28,29). The first-order valence-corrected chi connectivity index (χ1v) is 11.4. The summed E-state index contributed by atoms with van der Waals surface area (Å²) in [6.45, 7) is 0.132. The molecule has 33 heavy (non-hydrogen) atoms. The number of hydrogen-bond donors (Lipinski definition) is 2. The van der Waals surface area contributed by atoms with E-state index in [1.165, 1.54) is 0 Å². The molecule has 3 aromatic carbocycles. The number of carboxylic acids is 1. The third kappa shape index (κ3) is 3.83. The highest BCUT2D eigenvalue weighted by Crippen LogP contribution is 2.44. The van der Waals surface area contributed by atoms with Crippen LogP contribution >= 0.6 is 23.8 Å². The van der Waals surface area contributed by atoms with E-state index in [1.54, 1.807) is 3.96 Å². The van der Waals surface area contributed by atoms with E-state index in [-0.39, 0.29) is 27.7 Å². The lowest BCUT2D eigenvalue weighted by atomic mass is 9.98. The highest BCUT2D eigenvalue weighted by atomic mass is 32.1. The molecule has 0 bridgehead atoms. The van der Waals surface area contributed by atoms with Gasteiger partial charge in [0.05, 0.1) is 5.69 Å². The van der Waals surface area contributed by atoms with E-state index in [0.717, 1.165) is 39.5 Å². The maximum Gasteiger partial charge on any atom is 0.412 e. The maximum absolute atomic E-state index is 12.7. The number of para-hydroxylation sites is 1. The summed E-state index contributed by atoms with van der Waals surface area (Å²) in [7, 11) is 0. The van der Waals surface area contributed by atoms with Gasteiger partial charge >= 0.3 is 12.1 Å². The van der Waals surface area contributed by atoms with Crippen molar-refractivity contribution in [1.29, 1.82) is 0 Å². The number of aromatic nitrogens is 1. The molecule has 0 radical (unpaired) electrons. The van der Waals surface area contributed by atoms with E-state index in [0.29, 0.717) is 0 Å². The molecule has 0 atom stereocenters. The summed E-state index contributed by atoms with van der Waals surface area (Å²) in [6.07, 6.45) is -0.726. The Kier molecular flexibility index (Phi) is 5.53. The van der Waals surface area contributed by atoms with Crippen LogP contribution in [0.5, 0.6) is 0 Å². The van der Waals surface area contributed by atoms with Crippen LogP contribution in [0.2, 0.25) is 0 Å². The number of anilines is 1.